The Hall–Kier alpha value is -0.715. The van der Waals surface area contributed by atoms with E-state index in [-0.39, 0.29) is 11.4 Å². The maximum absolute atomic E-state index is 13.5. The Morgan fingerprint density at radius 1 is 1.09 bits per heavy atom. The average molecular weight is 347 g/mol. The molecule has 3 rings (SSSR count). The van der Waals surface area contributed by atoms with E-state index in [9.17, 15) is 13.2 Å². The van der Waals surface area contributed by atoms with Gasteiger partial charge in [0.05, 0.1) is 16.8 Å². The molecule has 0 amide bonds. The van der Waals surface area contributed by atoms with Crippen LogP contribution in [0.3, 0.4) is 0 Å². The van der Waals surface area contributed by atoms with Crippen molar-refractivity contribution in [1.29, 1.82) is 0 Å². The second kappa shape index (κ2) is 5.14. The Morgan fingerprint density at radius 3 is 2.04 bits per heavy atom. The second-order valence-corrected chi connectivity index (χ2v) is 7.73. The lowest BCUT2D eigenvalue weighted by Crippen LogP contribution is -2.41. The minimum atomic E-state index is -4.48. The minimum Gasteiger partial charge on any atom is -0.399 e. The molecule has 2 nitrogen and oxygen atoms in total. The van der Waals surface area contributed by atoms with Crippen LogP contribution < -0.4 is 5.46 Å². The quantitative estimate of drug-likeness (QED) is 0.732. The highest BCUT2D eigenvalue weighted by atomic mass is 35.5. The fraction of sp³-hybridized carbons (Fsp3) is 0.625. The molecule has 7 heteroatoms. The molecule has 0 unspecified atom stereocenters. The van der Waals surface area contributed by atoms with E-state index in [1.165, 1.54) is 12.1 Å². The second-order valence-electron chi connectivity index (χ2n) is 7.32. The highest BCUT2D eigenvalue weighted by molar-refractivity contribution is 6.63. The first-order chi connectivity index (χ1) is 10.4. The molecule has 2 fully saturated rings. The fourth-order valence-corrected chi connectivity index (χ4v) is 3.05. The molecule has 23 heavy (non-hydrogen) atoms. The smallest absolute Gasteiger partial charge is 0.399 e. The Bertz CT molecular complexity index is 623. The van der Waals surface area contributed by atoms with Crippen LogP contribution in [-0.2, 0) is 15.5 Å². The van der Waals surface area contributed by atoms with Gasteiger partial charge in [0.1, 0.15) is 0 Å². The third kappa shape index (κ3) is 3.01. The summed E-state index contributed by atoms with van der Waals surface area (Å²) in [5.41, 5.74) is -1.61. The van der Waals surface area contributed by atoms with Crippen LogP contribution in [0.2, 0.25) is 5.02 Å². The molecule has 0 atom stereocenters. The van der Waals surface area contributed by atoms with Crippen molar-refractivity contribution < 1.29 is 22.5 Å². The highest BCUT2D eigenvalue weighted by Crippen LogP contribution is 2.45. The van der Waals surface area contributed by atoms with Gasteiger partial charge in [-0.05, 0) is 69.6 Å². The Labute approximate surface area is 139 Å². The zero-order valence-corrected chi connectivity index (χ0v) is 14.3. The lowest BCUT2D eigenvalue weighted by Gasteiger charge is -2.32. The maximum atomic E-state index is 13.5. The van der Waals surface area contributed by atoms with E-state index >= 15 is 0 Å². The molecular formula is C16H19BClF3O2. The zero-order valence-electron chi connectivity index (χ0n) is 13.6. The molecule has 126 valence electrons. The van der Waals surface area contributed by atoms with Crippen LogP contribution in [0.4, 0.5) is 13.2 Å². The minimum absolute atomic E-state index is 0.0504. The van der Waals surface area contributed by atoms with Gasteiger partial charge in [-0.25, -0.2) is 0 Å². The van der Waals surface area contributed by atoms with Gasteiger partial charge in [-0.1, -0.05) is 11.6 Å². The number of benzene rings is 1. The third-order valence-electron chi connectivity index (χ3n) is 5.00. The van der Waals surface area contributed by atoms with Crippen LogP contribution in [-0.4, -0.2) is 18.3 Å². The average Bonchev–Trinajstić information content (AvgIpc) is 3.16. The van der Waals surface area contributed by atoms with E-state index < -0.39 is 30.1 Å². The molecule has 1 heterocycles. The Morgan fingerprint density at radius 2 is 1.61 bits per heavy atom. The summed E-state index contributed by atoms with van der Waals surface area (Å²) in [6, 6.07) is 2.53. The van der Waals surface area contributed by atoms with Gasteiger partial charge in [0, 0.05) is 5.02 Å². The normalized spacial score (nSPS) is 23.4. The topological polar surface area (TPSA) is 18.5 Å². The van der Waals surface area contributed by atoms with Gasteiger partial charge in [-0.2, -0.15) is 13.2 Å². The molecule has 0 radical (unpaired) electrons. The van der Waals surface area contributed by atoms with Crippen molar-refractivity contribution in [3.63, 3.8) is 0 Å². The Balaban J connectivity index is 2.07. The van der Waals surface area contributed by atoms with Crippen molar-refractivity contribution in [3.8, 4) is 0 Å². The van der Waals surface area contributed by atoms with Crippen molar-refractivity contribution in [2.75, 3.05) is 0 Å². The Kier molecular flexibility index (Phi) is 3.82. The van der Waals surface area contributed by atoms with E-state index in [4.69, 9.17) is 20.9 Å². The van der Waals surface area contributed by atoms with Gasteiger partial charge in [-0.15, -0.1) is 0 Å². The number of hydrogen-bond acceptors (Lipinski definition) is 2. The van der Waals surface area contributed by atoms with E-state index in [2.05, 4.69) is 0 Å². The zero-order chi connectivity index (χ0) is 17.2. The van der Waals surface area contributed by atoms with Crippen LogP contribution in [0.25, 0.3) is 0 Å². The van der Waals surface area contributed by atoms with Gasteiger partial charge in [0.25, 0.3) is 0 Å². The van der Waals surface area contributed by atoms with E-state index in [1.54, 1.807) is 27.7 Å². The van der Waals surface area contributed by atoms with Crippen LogP contribution in [0.1, 0.15) is 57.6 Å². The predicted octanol–water partition coefficient (Wildman–Crippen LogP) is 4.54. The molecule has 1 aliphatic heterocycles. The molecule has 1 aliphatic carbocycles. The summed E-state index contributed by atoms with van der Waals surface area (Å²) >= 11 is 6.23. The molecular weight excluding hydrogens is 327 g/mol. The number of halogens is 4. The van der Waals surface area contributed by atoms with Crippen molar-refractivity contribution >= 4 is 24.2 Å². The first-order valence-corrected chi connectivity index (χ1v) is 8.06. The standard InChI is InChI=1S/C16H19BClF3O2/c1-14(2)15(3,4)23-17(22-14)12-8-13(18)10(9-5-6-9)7-11(12)16(19,20)21/h7-9H,5-6H2,1-4H3. The van der Waals surface area contributed by atoms with Gasteiger partial charge in [0.15, 0.2) is 0 Å². The summed E-state index contributed by atoms with van der Waals surface area (Å²) in [7, 11) is -1.08. The largest absolute Gasteiger partial charge is 0.495 e. The summed E-state index contributed by atoms with van der Waals surface area (Å²) in [5.74, 6) is 0.135. The fourth-order valence-electron chi connectivity index (χ4n) is 2.72. The van der Waals surface area contributed by atoms with Gasteiger partial charge in [-0.3, -0.25) is 0 Å². The van der Waals surface area contributed by atoms with Gasteiger partial charge >= 0.3 is 13.3 Å². The van der Waals surface area contributed by atoms with Crippen molar-refractivity contribution in [2.24, 2.45) is 0 Å². The molecule has 1 aromatic carbocycles. The SMILES string of the molecule is CC1(C)OB(c2cc(Cl)c(C3CC3)cc2C(F)(F)F)OC1(C)C. The van der Waals surface area contributed by atoms with Crippen molar-refractivity contribution in [2.45, 2.75) is 63.8 Å². The van der Waals surface area contributed by atoms with E-state index in [1.807, 2.05) is 0 Å². The van der Waals surface area contributed by atoms with Crippen LogP contribution in [0, 0.1) is 0 Å². The number of hydrogen-bond donors (Lipinski definition) is 0. The summed E-state index contributed by atoms with van der Waals surface area (Å²) in [6.45, 7) is 7.22. The van der Waals surface area contributed by atoms with Crippen molar-refractivity contribution in [3.05, 3.63) is 28.3 Å². The predicted molar refractivity (Wildman–Crippen MR) is 84.1 cm³/mol. The molecule has 1 saturated carbocycles. The molecule has 0 N–H and O–H groups in total. The highest BCUT2D eigenvalue weighted by Gasteiger charge is 2.54. The summed E-state index contributed by atoms with van der Waals surface area (Å²) in [5, 5.41) is 0.352. The molecule has 2 aliphatic rings. The third-order valence-corrected chi connectivity index (χ3v) is 5.33. The first-order valence-electron chi connectivity index (χ1n) is 7.68. The molecule has 1 aromatic rings. The van der Waals surface area contributed by atoms with Crippen molar-refractivity contribution in [1.82, 2.24) is 0 Å². The number of rotatable bonds is 2. The molecule has 0 aromatic heterocycles. The summed E-state index contributed by atoms with van der Waals surface area (Å²) in [4.78, 5) is 0. The van der Waals surface area contributed by atoms with Gasteiger partial charge in [0.2, 0.25) is 0 Å². The molecule has 0 spiro atoms. The van der Waals surface area contributed by atoms with Crippen LogP contribution in [0.5, 0.6) is 0 Å². The lowest BCUT2D eigenvalue weighted by molar-refractivity contribution is -0.136. The lowest BCUT2D eigenvalue weighted by atomic mass is 9.75. The number of alkyl halides is 3. The van der Waals surface area contributed by atoms with Crippen LogP contribution >= 0.6 is 11.6 Å². The van der Waals surface area contributed by atoms with E-state index in [0.29, 0.717) is 10.6 Å². The van der Waals surface area contributed by atoms with E-state index in [0.717, 1.165) is 12.8 Å². The molecule has 1 saturated heterocycles. The van der Waals surface area contributed by atoms with Gasteiger partial charge < -0.3 is 9.31 Å². The first kappa shape index (κ1) is 17.1. The maximum Gasteiger partial charge on any atom is 0.495 e. The summed E-state index contributed by atoms with van der Waals surface area (Å²) < 4.78 is 52.1. The van der Waals surface area contributed by atoms with Crippen LogP contribution in [0.15, 0.2) is 12.1 Å². The molecule has 0 bridgehead atoms. The summed E-state index contributed by atoms with van der Waals surface area (Å²) in [6.07, 6.45) is -2.72. The monoisotopic (exact) mass is 346 g/mol.